The van der Waals surface area contributed by atoms with Gasteiger partial charge in [-0.15, -0.1) is 0 Å². The van der Waals surface area contributed by atoms with Crippen molar-refractivity contribution in [1.82, 2.24) is 0 Å². The van der Waals surface area contributed by atoms with Gasteiger partial charge in [-0.1, -0.05) is 42.0 Å². The monoisotopic (exact) mass is 298 g/mol. The molecule has 1 aliphatic heterocycles. The van der Waals surface area contributed by atoms with Crippen molar-refractivity contribution >= 4 is 0 Å². The highest BCUT2D eigenvalue weighted by molar-refractivity contribution is 5.21. The molecule has 3 atom stereocenters. The van der Waals surface area contributed by atoms with Crippen LogP contribution in [0.15, 0.2) is 36.4 Å². The topological polar surface area (TPSA) is 8.88 Å². The van der Waals surface area contributed by atoms with Crippen molar-refractivity contribution in [2.45, 2.75) is 26.3 Å². The highest BCUT2D eigenvalue weighted by atomic mass is 15.3. The van der Waals surface area contributed by atoms with E-state index >= 15 is 0 Å². The average Bonchev–Trinajstić information content (AvgIpc) is 3.12. The van der Waals surface area contributed by atoms with Gasteiger partial charge in [0.2, 0.25) is 0 Å². The fourth-order valence-corrected chi connectivity index (χ4v) is 4.95. The molecule has 2 nitrogen and oxygen atoms in total. The van der Waals surface area contributed by atoms with E-state index in [0.717, 1.165) is 17.8 Å². The van der Waals surface area contributed by atoms with Crippen LogP contribution >= 0.6 is 0 Å². The van der Waals surface area contributed by atoms with Crippen molar-refractivity contribution < 1.29 is 9.80 Å². The minimum Gasteiger partial charge on any atom is -0.325 e. The summed E-state index contributed by atoms with van der Waals surface area (Å²) >= 11 is 0. The molecular formula is C20H30N2+2. The highest BCUT2D eigenvalue weighted by Gasteiger charge is 2.38. The molecule has 1 saturated heterocycles. The lowest BCUT2D eigenvalue weighted by molar-refractivity contribution is -1.02. The number of hydrogen-bond acceptors (Lipinski definition) is 0. The summed E-state index contributed by atoms with van der Waals surface area (Å²) < 4.78 is 0. The van der Waals surface area contributed by atoms with Crippen LogP contribution in [0.2, 0.25) is 0 Å². The predicted octanol–water partition coefficient (Wildman–Crippen LogP) is 0.491. The molecule has 0 unspecified atom stereocenters. The maximum Gasteiger partial charge on any atom is 0.127 e. The second-order valence-electron chi connectivity index (χ2n) is 7.91. The molecule has 0 aromatic heterocycles. The van der Waals surface area contributed by atoms with Gasteiger partial charge in [0.25, 0.3) is 0 Å². The maximum absolute atomic E-state index is 2.51. The first-order valence-corrected chi connectivity index (χ1v) is 9.17. The lowest BCUT2D eigenvalue weighted by atomic mass is 9.93. The number of fused-ring (bicyclic) bond motifs is 2. The number of hydrogen-bond donors (Lipinski definition) is 2. The zero-order valence-corrected chi connectivity index (χ0v) is 13.9. The van der Waals surface area contributed by atoms with Crippen LogP contribution in [0.3, 0.4) is 0 Å². The standard InChI is InChI=1S/C20H28N2/c1-16-3-2-4-18(11-16)14-21-7-9-22(10-8-21)15-20-13-17-5-6-19(20)12-17/h2-6,11,17,19-20H,7-10,12-15H2,1H3/p+2/t17-,19-,20-/m0/s1. The molecule has 0 radical (unpaired) electrons. The number of rotatable bonds is 4. The Morgan fingerprint density at radius 1 is 1.00 bits per heavy atom. The Morgan fingerprint density at radius 2 is 1.82 bits per heavy atom. The SMILES string of the molecule is Cc1cccc(C[NH+]2CC[NH+](C[C@@H]3C[C@H]4C=C[C@H]3C4)CC2)c1. The fourth-order valence-electron chi connectivity index (χ4n) is 4.95. The number of quaternary nitrogens is 2. The molecule has 2 aliphatic carbocycles. The quantitative estimate of drug-likeness (QED) is 0.749. The third-order valence-corrected chi connectivity index (χ3v) is 6.17. The van der Waals surface area contributed by atoms with Crippen LogP contribution in [-0.2, 0) is 6.54 Å². The minimum absolute atomic E-state index is 0.926. The second kappa shape index (κ2) is 6.17. The van der Waals surface area contributed by atoms with Crippen LogP contribution in [0, 0.1) is 24.7 Å². The Kier molecular flexibility index (Phi) is 4.06. The molecule has 0 amide bonds. The highest BCUT2D eigenvalue weighted by Crippen LogP contribution is 2.42. The first-order valence-electron chi connectivity index (χ1n) is 9.17. The fraction of sp³-hybridized carbons (Fsp3) is 0.600. The third-order valence-electron chi connectivity index (χ3n) is 6.17. The largest absolute Gasteiger partial charge is 0.325 e. The molecule has 2 bridgehead atoms. The van der Waals surface area contributed by atoms with E-state index in [4.69, 9.17) is 0 Å². The van der Waals surface area contributed by atoms with E-state index in [2.05, 4.69) is 43.3 Å². The van der Waals surface area contributed by atoms with E-state index in [1.165, 1.54) is 63.2 Å². The molecule has 2 fully saturated rings. The number of piperazine rings is 1. The van der Waals surface area contributed by atoms with Crippen molar-refractivity contribution in [3.63, 3.8) is 0 Å². The normalized spacial score (nSPS) is 36.9. The van der Waals surface area contributed by atoms with Gasteiger partial charge < -0.3 is 9.80 Å². The molecule has 1 aromatic rings. The zero-order chi connectivity index (χ0) is 14.9. The van der Waals surface area contributed by atoms with Gasteiger partial charge in [0.1, 0.15) is 32.7 Å². The van der Waals surface area contributed by atoms with E-state index in [9.17, 15) is 0 Å². The first-order chi connectivity index (χ1) is 10.8. The molecule has 2 N–H and O–H groups in total. The summed E-state index contributed by atoms with van der Waals surface area (Å²) in [6.07, 6.45) is 7.92. The van der Waals surface area contributed by atoms with E-state index in [0.29, 0.717) is 0 Å². The van der Waals surface area contributed by atoms with Crippen LogP contribution in [0.1, 0.15) is 24.0 Å². The average molecular weight is 298 g/mol. The van der Waals surface area contributed by atoms with Crippen molar-refractivity contribution in [3.8, 4) is 0 Å². The lowest BCUT2D eigenvalue weighted by Gasteiger charge is -2.32. The van der Waals surface area contributed by atoms with Gasteiger partial charge in [0, 0.05) is 11.5 Å². The Balaban J connectivity index is 1.25. The van der Waals surface area contributed by atoms with Gasteiger partial charge >= 0.3 is 0 Å². The van der Waals surface area contributed by atoms with Gasteiger partial charge in [0.15, 0.2) is 0 Å². The third kappa shape index (κ3) is 3.13. The Morgan fingerprint density at radius 3 is 2.50 bits per heavy atom. The van der Waals surface area contributed by atoms with Crippen LogP contribution in [0.5, 0.6) is 0 Å². The Labute approximate surface area is 134 Å². The van der Waals surface area contributed by atoms with Gasteiger partial charge in [0.05, 0.1) is 6.54 Å². The maximum atomic E-state index is 2.51. The van der Waals surface area contributed by atoms with Gasteiger partial charge in [-0.2, -0.15) is 0 Å². The van der Waals surface area contributed by atoms with Gasteiger partial charge in [-0.25, -0.2) is 0 Å². The summed E-state index contributed by atoms with van der Waals surface area (Å²) in [6.45, 7) is 10.3. The molecule has 1 saturated carbocycles. The molecule has 2 heteroatoms. The minimum atomic E-state index is 0.926. The predicted molar refractivity (Wildman–Crippen MR) is 90.0 cm³/mol. The van der Waals surface area contributed by atoms with Gasteiger partial charge in [-0.3, -0.25) is 0 Å². The van der Waals surface area contributed by atoms with E-state index in [-0.39, 0.29) is 0 Å². The smallest absolute Gasteiger partial charge is 0.127 e. The number of benzene rings is 1. The molecule has 118 valence electrons. The van der Waals surface area contributed by atoms with Crippen molar-refractivity contribution in [3.05, 3.63) is 47.5 Å². The lowest BCUT2D eigenvalue weighted by Crippen LogP contribution is -3.27. The number of nitrogens with one attached hydrogen (secondary N) is 2. The van der Waals surface area contributed by atoms with Crippen LogP contribution in [-0.4, -0.2) is 32.7 Å². The number of allylic oxidation sites excluding steroid dienone is 2. The summed E-state index contributed by atoms with van der Waals surface area (Å²) in [4.78, 5) is 3.65. The van der Waals surface area contributed by atoms with Crippen LogP contribution in [0.25, 0.3) is 0 Å². The summed E-state index contributed by atoms with van der Waals surface area (Å²) in [5.41, 5.74) is 2.90. The molecule has 4 rings (SSSR count). The molecule has 1 aromatic carbocycles. The van der Waals surface area contributed by atoms with Crippen LogP contribution < -0.4 is 9.80 Å². The second-order valence-corrected chi connectivity index (χ2v) is 7.91. The summed E-state index contributed by atoms with van der Waals surface area (Å²) in [5.74, 6) is 2.85. The summed E-state index contributed by atoms with van der Waals surface area (Å²) in [5, 5.41) is 0. The van der Waals surface area contributed by atoms with Gasteiger partial charge in [-0.05, 0) is 31.6 Å². The Bertz CT molecular complexity index is 542. The van der Waals surface area contributed by atoms with Crippen molar-refractivity contribution in [2.24, 2.45) is 17.8 Å². The van der Waals surface area contributed by atoms with E-state index in [1.807, 2.05) is 4.90 Å². The molecule has 3 aliphatic rings. The van der Waals surface area contributed by atoms with E-state index in [1.54, 1.807) is 4.90 Å². The van der Waals surface area contributed by atoms with E-state index < -0.39 is 0 Å². The summed E-state index contributed by atoms with van der Waals surface area (Å²) in [7, 11) is 0. The van der Waals surface area contributed by atoms with Crippen molar-refractivity contribution in [1.29, 1.82) is 0 Å². The zero-order valence-electron chi connectivity index (χ0n) is 13.9. The molecule has 1 heterocycles. The molecular weight excluding hydrogens is 268 g/mol. The van der Waals surface area contributed by atoms with Crippen LogP contribution in [0.4, 0.5) is 0 Å². The first kappa shape index (κ1) is 14.5. The summed E-state index contributed by atoms with van der Waals surface area (Å²) in [6, 6.07) is 9.05. The van der Waals surface area contributed by atoms with Crippen molar-refractivity contribution in [2.75, 3.05) is 32.7 Å². The molecule has 22 heavy (non-hydrogen) atoms. The molecule has 0 spiro atoms. The number of aryl methyl sites for hydroxylation is 1. The Hall–Kier alpha value is -1.12.